The van der Waals surface area contributed by atoms with Crippen LogP contribution < -0.4 is 15.4 Å². The van der Waals surface area contributed by atoms with E-state index in [1.54, 1.807) is 25.1 Å². The zero-order valence-corrected chi connectivity index (χ0v) is 12.5. The second kappa shape index (κ2) is 6.03. The lowest BCUT2D eigenvalue weighted by Crippen LogP contribution is -2.49. The van der Waals surface area contributed by atoms with E-state index in [9.17, 15) is 9.59 Å². The molecule has 0 bridgehead atoms. The molecule has 21 heavy (non-hydrogen) atoms. The minimum absolute atomic E-state index is 0.113. The molecular weight excluding hydrogens is 272 g/mol. The fraction of sp³-hybridized carbons (Fsp3) is 0.467. The van der Waals surface area contributed by atoms with Gasteiger partial charge in [0.05, 0.1) is 12.3 Å². The van der Waals surface area contributed by atoms with Crippen LogP contribution in [0.1, 0.15) is 20.8 Å². The Morgan fingerprint density at radius 1 is 1.43 bits per heavy atom. The summed E-state index contributed by atoms with van der Waals surface area (Å²) in [7, 11) is 0. The number of carbonyl (C=O) groups is 2. The van der Waals surface area contributed by atoms with Crippen LogP contribution in [0.15, 0.2) is 18.2 Å². The van der Waals surface area contributed by atoms with Crippen LogP contribution in [0.5, 0.6) is 5.75 Å². The Morgan fingerprint density at radius 2 is 2.14 bits per heavy atom. The van der Waals surface area contributed by atoms with Crippen LogP contribution in [0.4, 0.5) is 11.4 Å². The highest BCUT2D eigenvalue weighted by atomic mass is 16.5. The largest absolute Gasteiger partial charge is 0.481 e. The van der Waals surface area contributed by atoms with Gasteiger partial charge in [-0.05, 0) is 25.0 Å². The molecule has 0 radical (unpaired) electrons. The molecule has 0 spiro atoms. The maximum Gasteiger partial charge on any atom is 0.328 e. The Bertz CT molecular complexity index is 557. The number of carbonyl (C=O) groups excluding carboxylic acids is 2. The second-order valence-electron chi connectivity index (χ2n) is 5.45. The Balaban J connectivity index is 2.26. The molecule has 1 aliphatic heterocycles. The van der Waals surface area contributed by atoms with E-state index in [2.05, 4.69) is 0 Å². The first-order valence-electron chi connectivity index (χ1n) is 6.91. The summed E-state index contributed by atoms with van der Waals surface area (Å²) < 4.78 is 10.6. The Kier molecular flexibility index (Phi) is 4.35. The van der Waals surface area contributed by atoms with Crippen LogP contribution in [0, 0.1) is 5.92 Å². The number of hydrogen-bond acceptors (Lipinski definition) is 5. The molecule has 2 N–H and O–H groups in total. The number of rotatable bonds is 4. The summed E-state index contributed by atoms with van der Waals surface area (Å²) in [4.78, 5) is 25.6. The molecule has 0 saturated heterocycles. The molecule has 0 aromatic heterocycles. The molecule has 1 atom stereocenters. The molecule has 1 heterocycles. The molecule has 0 aliphatic carbocycles. The van der Waals surface area contributed by atoms with E-state index < -0.39 is 12.0 Å². The van der Waals surface area contributed by atoms with Crippen molar-refractivity contribution in [2.24, 2.45) is 5.92 Å². The predicted octanol–water partition coefficient (Wildman–Crippen LogP) is 1.58. The first kappa shape index (κ1) is 15.2. The fourth-order valence-electron chi connectivity index (χ4n) is 2.13. The summed E-state index contributed by atoms with van der Waals surface area (Å²) in [6.45, 7) is 5.73. The number of anilines is 2. The SMILES string of the molecule is CC(C)COC(=O)C(C)N1C(=O)COc2cccc(N)c21. The standard InChI is InChI=1S/C15H20N2O4/c1-9(2)7-21-15(19)10(3)17-13(18)8-20-12-6-4-5-11(16)14(12)17/h4-6,9-10H,7-8,16H2,1-3H3. The lowest BCUT2D eigenvalue weighted by molar-refractivity contribution is -0.147. The van der Waals surface area contributed by atoms with Gasteiger partial charge in [-0.2, -0.15) is 0 Å². The van der Waals surface area contributed by atoms with Crippen molar-refractivity contribution >= 4 is 23.3 Å². The van der Waals surface area contributed by atoms with Gasteiger partial charge in [0.15, 0.2) is 6.61 Å². The smallest absolute Gasteiger partial charge is 0.328 e. The number of hydrogen-bond donors (Lipinski definition) is 1. The first-order chi connectivity index (χ1) is 9.91. The van der Waals surface area contributed by atoms with Gasteiger partial charge in [-0.1, -0.05) is 19.9 Å². The molecule has 114 valence electrons. The maximum absolute atomic E-state index is 12.1. The molecule has 2 rings (SSSR count). The third kappa shape index (κ3) is 3.09. The topological polar surface area (TPSA) is 81.9 Å². The van der Waals surface area contributed by atoms with Gasteiger partial charge in [0.2, 0.25) is 0 Å². The van der Waals surface area contributed by atoms with Gasteiger partial charge in [-0.3, -0.25) is 9.69 Å². The van der Waals surface area contributed by atoms with Crippen molar-refractivity contribution in [3.63, 3.8) is 0 Å². The van der Waals surface area contributed by atoms with Crippen LogP contribution in [0.25, 0.3) is 0 Å². The Morgan fingerprint density at radius 3 is 2.81 bits per heavy atom. The molecule has 1 aliphatic rings. The van der Waals surface area contributed by atoms with Gasteiger partial charge in [0.1, 0.15) is 17.5 Å². The van der Waals surface area contributed by atoms with E-state index in [0.717, 1.165) is 0 Å². The van der Waals surface area contributed by atoms with Crippen molar-refractivity contribution in [3.05, 3.63) is 18.2 Å². The number of ether oxygens (including phenoxy) is 2. The number of amides is 1. The van der Waals surface area contributed by atoms with E-state index in [4.69, 9.17) is 15.2 Å². The van der Waals surface area contributed by atoms with Gasteiger partial charge in [-0.15, -0.1) is 0 Å². The van der Waals surface area contributed by atoms with Crippen LogP contribution >= 0.6 is 0 Å². The van der Waals surface area contributed by atoms with Gasteiger partial charge in [0, 0.05) is 0 Å². The van der Waals surface area contributed by atoms with Crippen molar-refractivity contribution in [1.82, 2.24) is 0 Å². The van der Waals surface area contributed by atoms with E-state index in [1.807, 2.05) is 13.8 Å². The predicted molar refractivity (Wildman–Crippen MR) is 79.1 cm³/mol. The average molecular weight is 292 g/mol. The number of nitrogens with zero attached hydrogens (tertiary/aromatic N) is 1. The lowest BCUT2D eigenvalue weighted by atomic mass is 10.1. The quantitative estimate of drug-likeness (QED) is 0.673. The number of nitrogens with two attached hydrogens (primary N) is 1. The normalized spacial score (nSPS) is 15.4. The van der Waals surface area contributed by atoms with E-state index in [0.29, 0.717) is 23.7 Å². The monoisotopic (exact) mass is 292 g/mol. The van der Waals surface area contributed by atoms with Crippen LogP contribution in [-0.2, 0) is 14.3 Å². The molecule has 1 aromatic carbocycles. The van der Waals surface area contributed by atoms with Crippen molar-refractivity contribution in [2.75, 3.05) is 23.8 Å². The number of fused-ring (bicyclic) bond motifs is 1. The van der Waals surface area contributed by atoms with Crippen molar-refractivity contribution in [1.29, 1.82) is 0 Å². The third-order valence-corrected chi connectivity index (χ3v) is 3.18. The number of nitrogen functional groups attached to an aromatic ring is 1. The zero-order chi connectivity index (χ0) is 15.6. The molecular formula is C15H20N2O4. The summed E-state index contributed by atoms with van der Waals surface area (Å²) in [5, 5.41) is 0. The third-order valence-electron chi connectivity index (χ3n) is 3.18. The molecule has 1 unspecified atom stereocenters. The fourth-order valence-corrected chi connectivity index (χ4v) is 2.13. The maximum atomic E-state index is 12.1. The summed E-state index contributed by atoms with van der Waals surface area (Å²) in [6, 6.07) is 4.38. The first-order valence-corrected chi connectivity index (χ1v) is 6.91. The number of esters is 1. The van der Waals surface area contributed by atoms with Gasteiger partial charge in [-0.25, -0.2) is 4.79 Å². The van der Waals surface area contributed by atoms with Crippen LogP contribution in [0.2, 0.25) is 0 Å². The number of para-hydroxylation sites is 1. The Labute approximate surface area is 123 Å². The number of benzene rings is 1. The molecule has 6 heteroatoms. The highest BCUT2D eigenvalue weighted by Crippen LogP contribution is 2.38. The zero-order valence-electron chi connectivity index (χ0n) is 12.5. The molecule has 6 nitrogen and oxygen atoms in total. The van der Waals surface area contributed by atoms with Crippen LogP contribution in [0.3, 0.4) is 0 Å². The van der Waals surface area contributed by atoms with Crippen molar-refractivity contribution in [2.45, 2.75) is 26.8 Å². The summed E-state index contributed by atoms with van der Waals surface area (Å²) in [5.41, 5.74) is 6.75. The minimum Gasteiger partial charge on any atom is -0.481 e. The van der Waals surface area contributed by atoms with E-state index >= 15 is 0 Å². The molecule has 1 amide bonds. The van der Waals surface area contributed by atoms with Crippen LogP contribution in [-0.4, -0.2) is 31.1 Å². The lowest BCUT2D eigenvalue weighted by Gasteiger charge is -2.33. The average Bonchev–Trinajstić information content (AvgIpc) is 2.44. The second-order valence-corrected chi connectivity index (χ2v) is 5.45. The minimum atomic E-state index is -0.747. The Hall–Kier alpha value is -2.24. The van der Waals surface area contributed by atoms with Crippen molar-refractivity contribution < 1.29 is 19.1 Å². The highest BCUT2D eigenvalue weighted by Gasteiger charge is 2.35. The summed E-state index contributed by atoms with van der Waals surface area (Å²) in [5.74, 6) is -0.0282. The summed E-state index contributed by atoms with van der Waals surface area (Å²) >= 11 is 0. The van der Waals surface area contributed by atoms with E-state index in [-0.39, 0.29) is 18.4 Å². The molecule has 1 aromatic rings. The molecule has 0 saturated carbocycles. The highest BCUT2D eigenvalue weighted by molar-refractivity contribution is 6.05. The van der Waals surface area contributed by atoms with Crippen molar-refractivity contribution in [3.8, 4) is 5.75 Å². The molecule has 0 fully saturated rings. The van der Waals surface area contributed by atoms with Gasteiger partial charge < -0.3 is 15.2 Å². The van der Waals surface area contributed by atoms with Gasteiger partial charge >= 0.3 is 5.97 Å². The summed E-state index contributed by atoms with van der Waals surface area (Å²) in [6.07, 6.45) is 0. The van der Waals surface area contributed by atoms with E-state index in [1.165, 1.54) is 4.90 Å². The van der Waals surface area contributed by atoms with Gasteiger partial charge in [0.25, 0.3) is 5.91 Å².